The second-order valence-electron chi connectivity index (χ2n) is 5.13. The van der Waals surface area contributed by atoms with E-state index in [1.54, 1.807) is 0 Å². The van der Waals surface area contributed by atoms with Gasteiger partial charge in [0.05, 0.1) is 16.7 Å². The molecule has 0 aliphatic rings. The third kappa shape index (κ3) is 2.09. The SMILES string of the molecule is ClCCn1c(-c2ccc(Cl)cc2)cn2c3ccccc3nc12. The molecule has 0 saturated carbocycles. The van der Waals surface area contributed by atoms with E-state index in [4.69, 9.17) is 28.2 Å². The molecule has 0 aliphatic heterocycles. The molecule has 0 unspecified atom stereocenters. The van der Waals surface area contributed by atoms with Crippen LogP contribution in [-0.4, -0.2) is 19.8 Å². The van der Waals surface area contributed by atoms with E-state index in [0.29, 0.717) is 12.4 Å². The van der Waals surface area contributed by atoms with E-state index >= 15 is 0 Å². The molecule has 0 fully saturated rings. The monoisotopic (exact) mass is 329 g/mol. The van der Waals surface area contributed by atoms with Crippen LogP contribution in [0.1, 0.15) is 0 Å². The van der Waals surface area contributed by atoms with E-state index in [-0.39, 0.29) is 0 Å². The topological polar surface area (TPSA) is 22.2 Å². The highest BCUT2D eigenvalue weighted by atomic mass is 35.5. The van der Waals surface area contributed by atoms with E-state index in [1.807, 2.05) is 42.5 Å². The lowest BCUT2D eigenvalue weighted by Crippen LogP contribution is -2.02. The second-order valence-corrected chi connectivity index (χ2v) is 5.95. The third-order valence-corrected chi connectivity index (χ3v) is 4.23. The average Bonchev–Trinajstić information content (AvgIpc) is 3.06. The van der Waals surface area contributed by atoms with Crippen molar-refractivity contribution in [1.29, 1.82) is 0 Å². The molecule has 110 valence electrons. The normalized spacial score (nSPS) is 11.5. The maximum atomic E-state index is 6.00. The molecule has 3 nitrogen and oxygen atoms in total. The van der Waals surface area contributed by atoms with Gasteiger partial charge in [-0.05, 0) is 29.8 Å². The van der Waals surface area contributed by atoms with Crippen LogP contribution in [0.15, 0.2) is 54.7 Å². The average molecular weight is 330 g/mol. The Hall–Kier alpha value is -1.97. The largest absolute Gasteiger partial charge is 0.308 e. The number of para-hydroxylation sites is 2. The highest BCUT2D eigenvalue weighted by Crippen LogP contribution is 2.27. The molecule has 0 bridgehead atoms. The van der Waals surface area contributed by atoms with Crippen molar-refractivity contribution in [3.8, 4) is 11.3 Å². The van der Waals surface area contributed by atoms with Gasteiger partial charge in [0.25, 0.3) is 0 Å². The van der Waals surface area contributed by atoms with Gasteiger partial charge in [0.1, 0.15) is 0 Å². The first-order valence-electron chi connectivity index (χ1n) is 7.06. The van der Waals surface area contributed by atoms with Crippen molar-refractivity contribution >= 4 is 40.0 Å². The fourth-order valence-corrected chi connectivity index (χ4v) is 3.10. The summed E-state index contributed by atoms with van der Waals surface area (Å²) in [6.07, 6.45) is 2.11. The van der Waals surface area contributed by atoms with Crippen LogP contribution < -0.4 is 0 Å². The summed E-state index contributed by atoms with van der Waals surface area (Å²) in [7, 11) is 0. The third-order valence-electron chi connectivity index (χ3n) is 3.81. The van der Waals surface area contributed by atoms with E-state index in [1.165, 1.54) is 0 Å². The fourth-order valence-electron chi connectivity index (χ4n) is 2.81. The highest BCUT2D eigenvalue weighted by molar-refractivity contribution is 6.30. The number of fused-ring (bicyclic) bond motifs is 3. The number of halogens is 2. The number of rotatable bonds is 3. The molecule has 2 heterocycles. The van der Waals surface area contributed by atoms with Crippen LogP contribution in [-0.2, 0) is 6.54 Å². The van der Waals surface area contributed by atoms with Crippen molar-refractivity contribution in [1.82, 2.24) is 14.0 Å². The molecular weight excluding hydrogens is 317 g/mol. The number of imidazole rings is 2. The standard InChI is InChI=1S/C17H13Cl2N3/c18-9-10-21-16(12-5-7-13(19)8-6-12)11-22-15-4-2-1-3-14(15)20-17(21)22/h1-8,11H,9-10H2. The summed E-state index contributed by atoms with van der Waals surface area (Å²) in [5.41, 5.74) is 4.28. The first-order chi connectivity index (χ1) is 10.8. The summed E-state index contributed by atoms with van der Waals surface area (Å²) in [5, 5.41) is 0.731. The Labute approximate surface area is 137 Å². The van der Waals surface area contributed by atoms with Crippen LogP contribution in [0, 0.1) is 0 Å². The molecule has 0 radical (unpaired) electrons. The van der Waals surface area contributed by atoms with E-state index in [2.05, 4.69) is 21.2 Å². The first-order valence-corrected chi connectivity index (χ1v) is 7.97. The molecule has 2 aromatic heterocycles. The summed E-state index contributed by atoms with van der Waals surface area (Å²) in [5.74, 6) is 1.44. The molecule has 4 aromatic rings. The molecule has 22 heavy (non-hydrogen) atoms. The number of nitrogens with zero attached hydrogens (tertiary/aromatic N) is 3. The summed E-state index contributed by atoms with van der Waals surface area (Å²) in [6.45, 7) is 0.708. The zero-order chi connectivity index (χ0) is 15.1. The molecule has 5 heteroatoms. The lowest BCUT2D eigenvalue weighted by molar-refractivity contribution is 0.796. The van der Waals surface area contributed by atoms with Gasteiger partial charge in [-0.3, -0.25) is 4.40 Å². The number of benzene rings is 2. The van der Waals surface area contributed by atoms with Gasteiger partial charge in [0.15, 0.2) is 0 Å². The van der Waals surface area contributed by atoms with Gasteiger partial charge in [-0.2, -0.15) is 0 Å². The zero-order valence-corrected chi connectivity index (χ0v) is 13.2. The Morgan fingerprint density at radius 2 is 1.77 bits per heavy atom. The Bertz CT molecular complexity index is 951. The zero-order valence-electron chi connectivity index (χ0n) is 11.7. The van der Waals surface area contributed by atoms with Gasteiger partial charge in [0, 0.05) is 23.6 Å². The minimum absolute atomic E-state index is 0.536. The van der Waals surface area contributed by atoms with Crippen molar-refractivity contribution in [2.45, 2.75) is 6.54 Å². The van der Waals surface area contributed by atoms with Gasteiger partial charge in [-0.1, -0.05) is 35.9 Å². The predicted octanol–water partition coefficient (Wildman–Crippen LogP) is 4.85. The first kappa shape index (κ1) is 13.7. The van der Waals surface area contributed by atoms with Crippen LogP contribution >= 0.6 is 23.2 Å². The molecule has 0 amide bonds. The Balaban J connectivity index is 2.01. The van der Waals surface area contributed by atoms with Crippen LogP contribution in [0.5, 0.6) is 0 Å². The molecule has 4 rings (SSSR count). The number of hydrogen-bond donors (Lipinski definition) is 0. The van der Waals surface area contributed by atoms with Gasteiger partial charge in [0.2, 0.25) is 5.78 Å². The minimum Gasteiger partial charge on any atom is -0.308 e. The van der Waals surface area contributed by atoms with Crippen molar-refractivity contribution in [3.63, 3.8) is 0 Å². The fraction of sp³-hybridized carbons (Fsp3) is 0.118. The molecule has 0 saturated heterocycles. The number of aryl methyl sites for hydroxylation is 1. The molecule has 0 atom stereocenters. The molecule has 2 aromatic carbocycles. The lowest BCUT2D eigenvalue weighted by atomic mass is 10.2. The number of alkyl halides is 1. The van der Waals surface area contributed by atoms with Crippen LogP contribution in [0.3, 0.4) is 0 Å². The minimum atomic E-state index is 0.536. The van der Waals surface area contributed by atoms with Crippen molar-refractivity contribution < 1.29 is 0 Å². The predicted molar refractivity (Wildman–Crippen MR) is 91.9 cm³/mol. The smallest absolute Gasteiger partial charge is 0.215 e. The quantitative estimate of drug-likeness (QED) is 0.492. The number of aromatic nitrogens is 3. The maximum Gasteiger partial charge on any atom is 0.215 e. The number of hydrogen-bond acceptors (Lipinski definition) is 1. The van der Waals surface area contributed by atoms with Crippen molar-refractivity contribution in [2.75, 3.05) is 5.88 Å². The van der Waals surface area contributed by atoms with Gasteiger partial charge in [-0.25, -0.2) is 4.98 Å². The summed E-state index contributed by atoms with van der Waals surface area (Å²) in [4.78, 5) is 4.74. The lowest BCUT2D eigenvalue weighted by Gasteiger charge is -2.06. The summed E-state index contributed by atoms with van der Waals surface area (Å²) in [6, 6.07) is 16.0. The Kier molecular flexibility index (Phi) is 3.32. The van der Waals surface area contributed by atoms with Crippen LogP contribution in [0.4, 0.5) is 0 Å². The van der Waals surface area contributed by atoms with E-state index in [0.717, 1.165) is 33.1 Å². The van der Waals surface area contributed by atoms with Crippen LogP contribution in [0.25, 0.3) is 28.1 Å². The van der Waals surface area contributed by atoms with Crippen molar-refractivity contribution in [3.05, 3.63) is 59.8 Å². The van der Waals surface area contributed by atoms with Gasteiger partial charge < -0.3 is 4.57 Å². The Morgan fingerprint density at radius 1 is 1.00 bits per heavy atom. The Morgan fingerprint density at radius 3 is 2.55 bits per heavy atom. The second kappa shape index (κ2) is 5.34. The molecule has 0 spiro atoms. The highest BCUT2D eigenvalue weighted by Gasteiger charge is 2.14. The maximum absolute atomic E-state index is 6.00. The van der Waals surface area contributed by atoms with Gasteiger partial charge >= 0.3 is 0 Å². The van der Waals surface area contributed by atoms with E-state index < -0.39 is 0 Å². The molecule has 0 N–H and O–H groups in total. The summed E-state index contributed by atoms with van der Waals surface area (Å²) < 4.78 is 4.27. The molecular formula is C17H13Cl2N3. The molecule has 0 aliphatic carbocycles. The summed E-state index contributed by atoms with van der Waals surface area (Å²) >= 11 is 12.0. The van der Waals surface area contributed by atoms with Crippen molar-refractivity contribution in [2.24, 2.45) is 0 Å². The van der Waals surface area contributed by atoms with E-state index in [9.17, 15) is 0 Å². The van der Waals surface area contributed by atoms with Crippen LogP contribution in [0.2, 0.25) is 5.02 Å². The van der Waals surface area contributed by atoms with Gasteiger partial charge in [-0.15, -0.1) is 11.6 Å².